The van der Waals surface area contributed by atoms with Crippen LogP contribution in [0, 0.1) is 5.92 Å². The first-order valence-corrected chi connectivity index (χ1v) is 9.64. The van der Waals surface area contributed by atoms with Gasteiger partial charge in [0.05, 0.1) is 0 Å². The molecule has 8 heteroatoms. The van der Waals surface area contributed by atoms with E-state index in [9.17, 15) is 8.42 Å². The number of fused-ring (bicyclic) bond motifs is 2. The van der Waals surface area contributed by atoms with Crippen molar-refractivity contribution in [3.63, 3.8) is 0 Å². The molecule has 1 saturated heterocycles. The van der Waals surface area contributed by atoms with E-state index < -0.39 is 10.0 Å². The van der Waals surface area contributed by atoms with Gasteiger partial charge in [-0.2, -0.15) is 4.31 Å². The number of imidazole rings is 1. The van der Waals surface area contributed by atoms with E-state index in [1.54, 1.807) is 14.9 Å². The number of nitrogen functional groups attached to an aromatic ring is 1. The number of nitrogens with zero attached hydrogens (tertiary/aromatic N) is 3. The van der Waals surface area contributed by atoms with Crippen molar-refractivity contribution >= 4 is 32.1 Å². The molecule has 1 aliphatic carbocycles. The Morgan fingerprint density at radius 3 is 2.95 bits per heavy atom. The quantitative estimate of drug-likeness (QED) is 0.914. The third-order valence-electron chi connectivity index (χ3n) is 4.74. The lowest BCUT2D eigenvalue weighted by Crippen LogP contribution is -2.46. The van der Waals surface area contributed by atoms with Crippen molar-refractivity contribution in [2.45, 2.75) is 43.2 Å². The number of hydrogen-bond donors (Lipinski definition) is 1. The molecule has 3 heterocycles. The molecule has 1 aliphatic heterocycles. The molecule has 21 heavy (non-hydrogen) atoms. The molecule has 2 atom stereocenters. The second kappa shape index (κ2) is 4.69. The highest BCUT2D eigenvalue weighted by molar-refractivity contribution is 7.89. The number of anilines is 1. The van der Waals surface area contributed by atoms with Crippen LogP contribution in [0.4, 0.5) is 5.82 Å². The minimum Gasteiger partial charge on any atom is -0.381 e. The van der Waals surface area contributed by atoms with Crippen molar-refractivity contribution in [2.75, 3.05) is 12.3 Å². The third kappa shape index (κ3) is 1.92. The van der Waals surface area contributed by atoms with E-state index in [1.807, 2.05) is 5.38 Å². The van der Waals surface area contributed by atoms with E-state index in [0.717, 1.165) is 32.1 Å². The molecule has 0 bridgehead atoms. The number of sulfonamides is 1. The normalized spacial score (nSPS) is 27.2. The highest BCUT2D eigenvalue weighted by Crippen LogP contribution is 2.40. The van der Waals surface area contributed by atoms with Crippen LogP contribution < -0.4 is 5.73 Å². The van der Waals surface area contributed by atoms with Crippen LogP contribution in [-0.2, 0) is 10.0 Å². The van der Waals surface area contributed by atoms with E-state index >= 15 is 0 Å². The van der Waals surface area contributed by atoms with Gasteiger partial charge in [0.15, 0.2) is 15.8 Å². The van der Waals surface area contributed by atoms with Gasteiger partial charge in [0.1, 0.15) is 0 Å². The summed E-state index contributed by atoms with van der Waals surface area (Å²) in [4.78, 5) is 4.80. The minimum absolute atomic E-state index is 0.113. The number of thiazole rings is 1. The minimum atomic E-state index is -3.58. The van der Waals surface area contributed by atoms with Crippen LogP contribution in [0.15, 0.2) is 16.6 Å². The molecule has 4 rings (SSSR count). The number of hydrogen-bond acceptors (Lipinski definition) is 5. The second-order valence-electron chi connectivity index (χ2n) is 5.87. The van der Waals surface area contributed by atoms with Gasteiger partial charge in [0.25, 0.3) is 10.0 Å². The molecule has 0 spiro atoms. The van der Waals surface area contributed by atoms with Crippen molar-refractivity contribution in [3.05, 3.63) is 11.6 Å². The summed E-state index contributed by atoms with van der Waals surface area (Å²) in [6, 6.07) is 0.146. The fourth-order valence-corrected chi connectivity index (χ4v) is 6.57. The van der Waals surface area contributed by atoms with Crippen molar-refractivity contribution in [2.24, 2.45) is 5.92 Å². The molecule has 2 unspecified atom stereocenters. The fraction of sp³-hybridized carbons (Fsp3) is 0.615. The topological polar surface area (TPSA) is 80.7 Å². The third-order valence-corrected chi connectivity index (χ3v) is 7.46. The van der Waals surface area contributed by atoms with Gasteiger partial charge in [-0.05, 0) is 31.6 Å². The van der Waals surface area contributed by atoms with Gasteiger partial charge in [0.2, 0.25) is 0 Å². The standard InChI is InChI=1S/C13H18N4O2S2/c14-11-12(16-7-8-20-13(16)15-11)21(18,19)17-6-2-4-9-3-1-5-10(9)17/h7-10H,1-6,14H2. The van der Waals surface area contributed by atoms with Crippen LogP contribution >= 0.6 is 11.3 Å². The fourth-order valence-electron chi connectivity index (χ4n) is 3.86. The lowest BCUT2D eigenvalue weighted by atomic mass is 9.94. The molecule has 2 aliphatic rings. The summed E-state index contributed by atoms with van der Waals surface area (Å²) in [6.45, 7) is 0.598. The van der Waals surface area contributed by atoms with Crippen molar-refractivity contribution in [3.8, 4) is 0 Å². The molecule has 2 fully saturated rings. The molecule has 6 nitrogen and oxygen atoms in total. The Hall–Kier alpha value is -1.12. The predicted octanol–water partition coefficient (Wildman–Crippen LogP) is 1.93. The predicted molar refractivity (Wildman–Crippen MR) is 81.7 cm³/mol. The number of nitrogens with two attached hydrogens (primary N) is 1. The Balaban J connectivity index is 1.82. The van der Waals surface area contributed by atoms with Gasteiger partial charge in [-0.25, -0.2) is 13.4 Å². The summed E-state index contributed by atoms with van der Waals surface area (Å²) >= 11 is 1.39. The smallest absolute Gasteiger partial charge is 0.263 e. The summed E-state index contributed by atoms with van der Waals surface area (Å²) in [6.07, 6.45) is 7.05. The first-order valence-electron chi connectivity index (χ1n) is 7.32. The molecule has 2 N–H and O–H groups in total. The number of piperidine rings is 1. The number of rotatable bonds is 2. The molecule has 2 aromatic rings. The van der Waals surface area contributed by atoms with Gasteiger partial charge in [-0.3, -0.25) is 4.40 Å². The highest BCUT2D eigenvalue weighted by Gasteiger charge is 2.43. The van der Waals surface area contributed by atoms with Crippen molar-refractivity contribution in [1.82, 2.24) is 13.7 Å². The monoisotopic (exact) mass is 326 g/mol. The lowest BCUT2D eigenvalue weighted by Gasteiger charge is -2.36. The van der Waals surface area contributed by atoms with Gasteiger partial charge in [-0.1, -0.05) is 6.42 Å². The Morgan fingerprint density at radius 1 is 1.29 bits per heavy atom. The zero-order chi connectivity index (χ0) is 14.6. The molecule has 1 saturated carbocycles. The summed E-state index contributed by atoms with van der Waals surface area (Å²) in [7, 11) is -3.58. The zero-order valence-corrected chi connectivity index (χ0v) is 13.2. The van der Waals surface area contributed by atoms with E-state index in [4.69, 9.17) is 5.73 Å². The SMILES string of the molecule is Nc1nc2sccn2c1S(=O)(=O)N1CCCC2CCCC21. The first kappa shape index (κ1) is 13.5. The molecule has 0 amide bonds. The van der Waals surface area contributed by atoms with Crippen LogP contribution in [0.2, 0.25) is 0 Å². The molecule has 0 aromatic carbocycles. The van der Waals surface area contributed by atoms with Crippen LogP contribution in [-0.4, -0.2) is 34.7 Å². The van der Waals surface area contributed by atoms with Gasteiger partial charge < -0.3 is 5.73 Å². The van der Waals surface area contributed by atoms with E-state index in [0.29, 0.717) is 17.4 Å². The molecule has 0 radical (unpaired) electrons. The summed E-state index contributed by atoms with van der Waals surface area (Å²) in [5.74, 6) is 0.627. The average Bonchev–Trinajstić information content (AvgIpc) is 3.11. The molecular formula is C13H18N4O2S2. The summed E-state index contributed by atoms with van der Waals surface area (Å²) in [5.41, 5.74) is 5.90. The first-order chi connectivity index (χ1) is 10.1. The molecular weight excluding hydrogens is 308 g/mol. The van der Waals surface area contributed by atoms with Crippen molar-refractivity contribution < 1.29 is 8.42 Å². The Kier molecular flexibility index (Phi) is 3.02. The van der Waals surface area contributed by atoms with Crippen molar-refractivity contribution in [1.29, 1.82) is 0 Å². The Morgan fingerprint density at radius 2 is 2.10 bits per heavy atom. The second-order valence-corrected chi connectivity index (χ2v) is 8.55. The maximum atomic E-state index is 13.1. The van der Waals surface area contributed by atoms with Gasteiger partial charge in [-0.15, -0.1) is 11.3 Å². The maximum Gasteiger partial charge on any atom is 0.263 e. The van der Waals surface area contributed by atoms with Crippen LogP contribution in [0.25, 0.3) is 4.96 Å². The van der Waals surface area contributed by atoms with Gasteiger partial charge in [0, 0.05) is 24.2 Å². The molecule has 2 aromatic heterocycles. The summed E-state index contributed by atoms with van der Waals surface area (Å²) < 4.78 is 29.5. The van der Waals surface area contributed by atoms with E-state index in [-0.39, 0.29) is 16.9 Å². The maximum absolute atomic E-state index is 13.1. The lowest BCUT2D eigenvalue weighted by molar-refractivity contribution is 0.201. The Labute approximate surface area is 127 Å². The van der Waals surface area contributed by atoms with Crippen LogP contribution in [0.3, 0.4) is 0 Å². The van der Waals surface area contributed by atoms with Crippen LogP contribution in [0.1, 0.15) is 32.1 Å². The van der Waals surface area contributed by atoms with Gasteiger partial charge >= 0.3 is 0 Å². The zero-order valence-electron chi connectivity index (χ0n) is 11.6. The van der Waals surface area contributed by atoms with E-state index in [1.165, 1.54) is 11.3 Å². The highest BCUT2D eigenvalue weighted by atomic mass is 32.2. The van der Waals surface area contributed by atoms with Crippen LogP contribution in [0.5, 0.6) is 0 Å². The largest absolute Gasteiger partial charge is 0.381 e. The molecule has 114 valence electrons. The Bertz CT molecular complexity index is 779. The number of aromatic nitrogens is 2. The van der Waals surface area contributed by atoms with E-state index in [2.05, 4.69) is 4.98 Å². The summed E-state index contributed by atoms with van der Waals surface area (Å²) in [5, 5.41) is 1.97. The average molecular weight is 326 g/mol.